The van der Waals surface area contributed by atoms with Gasteiger partial charge in [0, 0.05) is 13.1 Å². The molecule has 0 aromatic carbocycles. The monoisotopic (exact) mass is 314 g/mol. The number of rotatable bonds is 7. The van der Waals surface area contributed by atoms with Gasteiger partial charge >= 0.3 is 0 Å². The van der Waals surface area contributed by atoms with E-state index in [1.54, 1.807) is 17.4 Å². The van der Waals surface area contributed by atoms with E-state index in [4.69, 9.17) is 0 Å². The second kappa shape index (κ2) is 8.73. The van der Waals surface area contributed by atoms with E-state index in [2.05, 4.69) is 27.8 Å². The zero-order valence-electron chi connectivity index (χ0n) is 11.3. The average Bonchev–Trinajstić information content (AvgIpc) is 3.08. The Morgan fingerprint density at radius 1 is 1.40 bits per heavy atom. The van der Waals surface area contributed by atoms with Crippen molar-refractivity contribution >= 4 is 29.7 Å². The first-order chi connectivity index (χ1) is 9.31. The number of hydrogen-bond donors (Lipinski definition) is 3. The molecular formula is C13H19ClN4OS. The molecule has 2 heterocycles. The third-order valence-electron chi connectivity index (χ3n) is 2.61. The topological polar surface area (TPSA) is 69.8 Å². The molecule has 3 N–H and O–H groups in total. The summed E-state index contributed by atoms with van der Waals surface area (Å²) < 4.78 is 0. The van der Waals surface area contributed by atoms with Crippen molar-refractivity contribution in [3.05, 3.63) is 29.3 Å². The molecule has 20 heavy (non-hydrogen) atoms. The number of nitrogens with one attached hydrogen (secondary N) is 3. The molecule has 0 spiro atoms. The lowest BCUT2D eigenvalue weighted by atomic mass is 10.3. The van der Waals surface area contributed by atoms with Gasteiger partial charge in [-0.1, -0.05) is 13.0 Å². The molecule has 2 rings (SSSR count). The number of nitrogens with zero attached hydrogens (tertiary/aromatic N) is 1. The van der Waals surface area contributed by atoms with Crippen LogP contribution < -0.4 is 10.6 Å². The first-order valence-electron chi connectivity index (χ1n) is 6.39. The van der Waals surface area contributed by atoms with E-state index in [0.29, 0.717) is 12.2 Å². The van der Waals surface area contributed by atoms with Gasteiger partial charge in [0.25, 0.3) is 5.91 Å². The molecule has 2 aromatic rings. The third-order valence-corrected chi connectivity index (χ3v) is 3.51. The van der Waals surface area contributed by atoms with Crippen LogP contribution in [0.2, 0.25) is 0 Å². The Hall–Kier alpha value is -1.37. The molecule has 0 atom stereocenters. The summed E-state index contributed by atoms with van der Waals surface area (Å²) in [5, 5.41) is 15.0. The molecule has 0 aliphatic heterocycles. The van der Waals surface area contributed by atoms with Gasteiger partial charge in [0.05, 0.1) is 10.6 Å². The van der Waals surface area contributed by atoms with Crippen LogP contribution in [-0.4, -0.2) is 35.7 Å². The summed E-state index contributed by atoms with van der Waals surface area (Å²) in [6.07, 6.45) is 1.09. The van der Waals surface area contributed by atoms with Gasteiger partial charge in [0.2, 0.25) is 0 Å². The van der Waals surface area contributed by atoms with Gasteiger partial charge in [-0.2, -0.15) is 5.10 Å². The Balaban J connectivity index is 0.00000200. The molecule has 1 amide bonds. The first-order valence-corrected chi connectivity index (χ1v) is 7.27. The van der Waals surface area contributed by atoms with Gasteiger partial charge in [0.1, 0.15) is 0 Å². The van der Waals surface area contributed by atoms with Gasteiger partial charge in [-0.25, -0.2) is 0 Å². The van der Waals surface area contributed by atoms with Crippen LogP contribution in [0.15, 0.2) is 23.6 Å². The van der Waals surface area contributed by atoms with Crippen LogP contribution >= 0.6 is 23.7 Å². The predicted molar refractivity (Wildman–Crippen MR) is 84.6 cm³/mol. The SMILES string of the molecule is CCCNCCNC(=O)c1cc(-c2cccs2)[nH]n1.Cl. The number of thiophene rings is 1. The van der Waals surface area contributed by atoms with Crippen molar-refractivity contribution < 1.29 is 4.79 Å². The van der Waals surface area contributed by atoms with Crippen molar-refractivity contribution in [2.45, 2.75) is 13.3 Å². The van der Waals surface area contributed by atoms with Crippen molar-refractivity contribution in [2.24, 2.45) is 0 Å². The highest BCUT2D eigenvalue weighted by atomic mass is 35.5. The van der Waals surface area contributed by atoms with Crippen LogP contribution in [0.4, 0.5) is 0 Å². The summed E-state index contributed by atoms with van der Waals surface area (Å²) in [6, 6.07) is 5.75. The van der Waals surface area contributed by atoms with Crippen LogP contribution in [-0.2, 0) is 0 Å². The Labute approximate surface area is 128 Å². The normalized spacial score (nSPS) is 10.1. The second-order valence-electron chi connectivity index (χ2n) is 4.15. The van der Waals surface area contributed by atoms with Crippen LogP contribution in [0.25, 0.3) is 10.6 Å². The molecule has 0 bridgehead atoms. The van der Waals surface area contributed by atoms with Crippen molar-refractivity contribution in [3.8, 4) is 10.6 Å². The Morgan fingerprint density at radius 2 is 2.25 bits per heavy atom. The molecule has 0 saturated carbocycles. The van der Waals surface area contributed by atoms with E-state index in [1.807, 2.05) is 17.5 Å². The molecular weight excluding hydrogens is 296 g/mol. The standard InChI is InChI=1S/C13H18N4OS.ClH/c1-2-5-14-6-7-15-13(18)11-9-10(16-17-11)12-4-3-8-19-12;/h3-4,8-9,14H,2,5-7H2,1H3,(H,15,18)(H,16,17);1H. The van der Waals surface area contributed by atoms with Gasteiger partial charge in [0.15, 0.2) is 5.69 Å². The van der Waals surface area contributed by atoms with Gasteiger partial charge < -0.3 is 10.6 Å². The summed E-state index contributed by atoms with van der Waals surface area (Å²) in [5.74, 6) is -0.141. The Kier molecular flexibility index (Phi) is 7.28. The molecule has 0 radical (unpaired) electrons. The number of amides is 1. The lowest BCUT2D eigenvalue weighted by Crippen LogP contribution is -2.32. The molecule has 0 aliphatic carbocycles. The number of H-pyrrole nitrogens is 1. The zero-order chi connectivity index (χ0) is 13.5. The van der Waals surface area contributed by atoms with Crippen molar-refractivity contribution in [3.63, 3.8) is 0 Å². The van der Waals surface area contributed by atoms with Gasteiger partial charge in [-0.05, 0) is 30.5 Å². The zero-order valence-corrected chi connectivity index (χ0v) is 12.9. The number of halogens is 1. The highest BCUT2D eigenvalue weighted by molar-refractivity contribution is 7.13. The van der Waals surface area contributed by atoms with E-state index in [9.17, 15) is 4.79 Å². The Morgan fingerprint density at radius 3 is 2.95 bits per heavy atom. The van der Waals surface area contributed by atoms with Gasteiger partial charge in [-0.15, -0.1) is 23.7 Å². The second-order valence-corrected chi connectivity index (χ2v) is 5.10. The number of aromatic nitrogens is 2. The maximum absolute atomic E-state index is 11.8. The molecule has 0 unspecified atom stereocenters. The maximum Gasteiger partial charge on any atom is 0.271 e. The minimum atomic E-state index is -0.141. The van der Waals surface area contributed by atoms with Crippen molar-refractivity contribution in [2.75, 3.05) is 19.6 Å². The molecule has 0 saturated heterocycles. The van der Waals surface area contributed by atoms with Crippen LogP contribution in [0, 0.1) is 0 Å². The summed E-state index contributed by atoms with van der Waals surface area (Å²) >= 11 is 1.62. The van der Waals surface area contributed by atoms with E-state index >= 15 is 0 Å². The smallest absolute Gasteiger partial charge is 0.271 e. The minimum absolute atomic E-state index is 0. The molecule has 7 heteroatoms. The van der Waals surface area contributed by atoms with Crippen LogP contribution in [0.3, 0.4) is 0 Å². The fourth-order valence-corrected chi connectivity index (χ4v) is 2.35. The summed E-state index contributed by atoms with van der Waals surface area (Å²) in [7, 11) is 0. The number of aromatic amines is 1. The summed E-state index contributed by atoms with van der Waals surface area (Å²) in [5.41, 5.74) is 1.31. The fraction of sp³-hybridized carbons (Fsp3) is 0.385. The van der Waals surface area contributed by atoms with E-state index in [1.165, 1.54) is 0 Å². The van der Waals surface area contributed by atoms with Crippen molar-refractivity contribution in [1.29, 1.82) is 0 Å². The average molecular weight is 315 g/mol. The molecule has 0 fully saturated rings. The summed E-state index contributed by atoms with van der Waals surface area (Å²) in [4.78, 5) is 12.9. The fourth-order valence-electron chi connectivity index (χ4n) is 1.65. The molecule has 110 valence electrons. The first kappa shape index (κ1) is 16.7. The van der Waals surface area contributed by atoms with E-state index in [-0.39, 0.29) is 18.3 Å². The maximum atomic E-state index is 11.8. The largest absolute Gasteiger partial charge is 0.349 e. The lowest BCUT2D eigenvalue weighted by Gasteiger charge is -2.03. The minimum Gasteiger partial charge on any atom is -0.349 e. The summed E-state index contributed by atoms with van der Waals surface area (Å²) in [6.45, 7) is 4.48. The molecule has 2 aromatic heterocycles. The van der Waals surface area contributed by atoms with Crippen molar-refractivity contribution in [1.82, 2.24) is 20.8 Å². The van der Waals surface area contributed by atoms with Gasteiger partial charge in [-0.3, -0.25) is 9.89 Å². The highest BCUT2D eigenvalue weighted by Crippen LogP contribution is 2.22. The number of carbonyl (C=O) groups is 1. The molecule has 5 nitrogen and oxygen atoms in total. The van der Waals surface area contributed by atoms with E-state index in [0.717, 1.165) is 30.1 Å². The Bertz CT molecular complexity index is 512. The molecule has 0 aliphatic rings. The van der Waals surface area contributed by atoms with E-state index < -0.39 is 0 Å². The van der Waals surface area contributed by atoms with Crippen LogP contribution in [0.1, 0.15) is 23.8 Å². The third kappa shape index (κ3) is 4.63. The number of hydrogen-bond acceptors (Lipinski definition) is 4. The number of carbonyl (C=O) groups excluding carboxylic acids is 1. The lowest BCUT2D eigenvalue weighted by molar-refractivity contribution is 0.0949. The highest BCUT2D eigenvalue weighted by Gasteiger charge is 2.10. The predicted octanol–water partition coefficient (Wildman–Crippen LogP) is 2.29. The quantitative estimate of drug-likeness (QED) is 0.687. The van der Waals surface area contributed by atoms with Crippen LogP contribution in [0.5, 0.6) is 0 Å².